The number of aromatic nitrogens is 2. The average molecular weight is 388 g/mol. The van der Waals surface area contributed by atoms with Crippen LogP contribution in [-0.2, 0) is 24.4 Å². The lowest BCUT2D eigenvalue weighted by atomic mass is 10.1. The van der Waals surface area contributed by atoms with Gasteiger partial charge in [-0.2, -0.15) is 5.10 Å². The molecule has 0 spiro atoms. The molecule has 29 heavy (non-hydrogen) atoms. The number of hydrogen-bond acceptors (Lipinski definition) is 3. The molecule has 2 aromatic carbocycles. The van der Waals surface area contributed by atoms with E-state index in [0.717, 1.165) is 22.6 Å². The van der Waals surface area contributed by atoms with Crippen LogP contribution in [0.2, 0.25) is 0 Å². The van der Waals surface area contributed by atoms with Gasteiger partial charge in [0, 0.05) is 31.6 Å². The van der Waals surface area contributed by atoms with E-state index in [9.17, 15) is 9.59 Å². The molecule has 3 aromatic rings. The Balaban J connectivity index is 1.45. The lowest BCUT2D eigenvalue weighted by Crippen LogP contribution is -2.36. The molecule has 1 aliphatic rings. The van der Waals surface area contributed by atoms with Gasteiger partial charge in [0.2, 0.25) is 5.91 Å². The van der Waals surface area contributed by atoms with E-state index >= 15 is 0 Å². The molecule has 0 saturated carbocycles. The summed E-state index contributed by atoms with van der Waals surface area (Å²) < 4.78 is 1.88. The van der Waals surface area contributed by atoms with Crippen molar-refractivity contribution >= 4 is 17.6 Å². The van der Waals surface area contributed by atoms with Crippen molar-refractivity contribution in [3.05, 3.63) is 83.0 Å². The molecular weight excluding hydrogens is 364 g/mol. The Hall–Kier alpha value is -3.41. The van der Waals surface area contributed by atoms with Crippen LogP contribution in [0.15, 0.2) is 60.7 Å². The van der Waals surface area contributed by atoms with Gasteiger partial charge in [0.05, 0.1) is 18.8 Å². The predicted molar refractivity (Wildman–Crippen MR) is 111 cm³/mol. The largest absolute Gasteiger partial charge is 0.337 e. The van der Waals surface area contributed by atoms with E-state index in [1.54, 1.807) is 16.8 Å². The number of aryl methyl sites for hydroxylation is 2. The van der Waals surface area contributed by atoms with Crippen LogP contribution >= 0.6 is 0 Å². The van der Waals surface area contributed by atoms with Gasteiger partial charge >= 0.3 is 0 Å². The van der Waals surface area contributed by atoms with Gasteiger partial charge in [0.1, 0.15) is 5.82 Å². The third-order valence-electron chi connectivity index (χ3n) is 5.15. The molecule has 6 nitrogen and oxygen atoms in total. The molecule has 0 bridgehead atoms. The maximum Gasteiger partial charge on any atom is 0.253 e. The summed E-state index contributed by atoms with van der Waals surface area (Å²) in [5.41, 5.74) is 3.61. The van der Waals surface area contributed by atoms with Crippen molar-refractivity contribution in [2.75, 3.05) is 11.9 Å². The standard InChI is InChI=1S/C23H24N4O2/c1-17-14-21-26(22(28)12-13-27(21)24-17)16-19-8-10-20(11-9-19)23(29)25(2)15-18-6-4-3-5-7-18/h3-11,14H,12-13,15-16H2,1-2H3. The van der Waals surface area contributed by atoms with E-state index in [0.29, 0.717) is 31.6 Å². The lowest BCUT2D eigenvalue weighted by Gasteiger charge is -2.27. The second-order valence-electron chi connectivity index (χ2n) is 7.44. The highest BCUT2D eigenvalue weighted by Gasteiger charge is 2.25. The lowest BCUT2D eigenvalue weighted by molar-refractivity contribution is -0.119. The van der Waals surface area contributed by atoms with Gasteiger partial charge in [0.15, 0.2) is 0 Å². The molecule has 0 atom stereocenters. The Bertz CT molecular complexity index is 1020. The van der Waals surface area contributed by atoms with Crippen LogP contribution in [0.25, 0.3) is 0 Å². The van der Waals surface area contributed by atoms with Gasteiger partial charge in [0.25, 0.3) is 5.91 Å². The quantitative estimate of drug-likeness (QED) is 0.673. The minimum absolute atomic E-state index is 0.0249. The number of nitrogens with zero attached hydrogens (tertiary/aromatic N) is 4. The highest BCUT2D eigenvalue weighted by molar-refractivity contribution is 5.95. The van der Waals surface area contributed by atoms with Crippen LogP contribution < -0.4 is 4.90 Å². The summed E-state index contributed by atoms with van der Waals surface area (Å²) in [6.07, 6.45) is 0.453. The van der Waals surface area contributed by atoms with E-state index < -0.39 is 0 Å². The molecule has 2 amide bonds. The fourth-order valence-electron chi connectivity index (χ4n) is 3.63. The van der Waals surface area contributed by atoms with Crippen molar-refractivity contribution in [2.24, 2.45) is 0 Å². The Morgan fingerprint density at radius 2 is 1.79 bits per heavy atom. The first kappa shape index (κ1) is 18.9. The SMILES string of the molecule is Cc1cc2n(n1)CCC(=O)N2Cc1ccc(C(=O)N(C)Cc2ccccc2)cc1. The van der Waals surface area contributed by atoms with Crippen LogP contribution in [0.4, 0.5) is 5.82 Å². The van der Waals surface area contributed by atoms with Gasteiger partial charge in [-0.15, -0.1) is 0 Å². The zero-order valence-electron chi connectivity index (χ0n) is 16.7. The van der Waals surface area contributed by atoms with Crippen molar-refractivity contribution in [2.45, 2.75) is 33.0 Å². The van der Waals surface area contributed by atoms with Gasteiger partial charge in [-0.25, -0.2) is 4.68 Å². The summed E-state index contributed by atoms with van der Waals surface area (Å²) >= 11 is 0. The number of hydrogen-bond donors (Lipinski definition) is 0. The smallest absolute Gasteiger partial charge is 0.253 e. The number of anilines is 1. The molecule has 148 valence electrons. The number of amides is 2. The van der Waals surface area contributed by atoms with Gasteiger partial charge < -0.3 is 4.90 Å². The average Bonchev–Trinajstić information content (AvgIpc) is 3.11. The van der Waals surface area contributed by atoms with E-state index in [1.165, 1.54) is 0 Å². The number of rotatable bonds is 5. The molecule has 6 heteroatoms. The topological polar surface area (TPSA) is 58.4 Å². The molecule has 0 unspecified atom stereocenters. The maximum atomic E-state index is 12.7. The number of carbonyl (C=O) groups excluding carboxylic acids is 2. The second kappa shape index (κ2) is 7.91. The highest BCUT2D eigenvalue weighted by Crippen LogP contribution is 2.24. The van der Waals surface area contributed by atoms with E-state index in [-0.39, 0.29) is 11.8 Å². The Morgan fingerprint density at radius 3 is 2.52 bits per heavy atom. The molecular formula is C23H24N4O2. The first-order valence-corrected chi connectivity index (χ1v) is 9.74. The van der Waals surface area contributed by atoms with Gasteiger partial charge in [-0.05, 0) is 30.2 Å². The van der Waals surface area contributed by atoms with Gasteiger partial charge in [-0.3, -0.25) is 14.5 Å². The molecule has 4 rings (SSSR count). The number of fused-ring (bicyclic) bond motifs is 1. The molecule has 0 N–H and O–H groups in total. The fraction of sp³-hybridized carbons (Fsp3) is 0.261. The van der Waals surface area contributed by atoms with E-state index in [1.807, 2.05) is 72.3 Å². The van der Waals surface area contributed by atoms with Crippen LogP contribution in [0.1, 0.15) is 33.6 Å². The minimum atomic E-state index is -0.0249. The molecule has 1 aliphatic heterocycles. The Morgan fingerprint density at radius 1 is 1.07 bits per heavy atom. The van der Waals surface area contributed by atoms with E-state index in [2.05, 4.69) is 5.10 Å². The fourth-order valence-corrected chi connectivity index (χ4v) is 3.63. The molecule has 0 radical (unpaired) electrons. The number of benzene rings is 2. The normalized spacial score (nSPS) is 13.3. The first-order valence-electron chi connectivity index (χ1n) is 9.74. The van der Waals surface area contributed by atoms with Gasteiger partial charge in [-0.1, -0.05) is 42.5 Å². The van der Waals surface area contributed by atoms with Crippen LogP contribution in [0.5, 0.6) is 0 Å². The van der Waals surface area contributed by atoms with Crippen LogP contribution in [0, 0.1) is 6.92 Å². The van der Waals surface area contributed by atoms with Crippen LogP contribution in [-0.4, -0.2) is 33.5 Å². The van der Waals surface area contributed by atoms with E-state index in [4.69, 9.17) is 0 Å². The summed E-state index contributed by atoms with van der Waals surface area (Å²) in [5.74, 6) is 0.907. The predicted octanol–water partition coefficient (Wildman–Crippen LogP) is 3.40. The summed E-state index contributed by atoms with van der Waals surface area (Å²) in [4.78, 5) is 28.6. The summed E-state index contributed by atoms with van der Waals surface area (Å²) in [6.45, 7) is 3.59. The van der Waals surface area contributed by atoms with Crippen LogP contribution in [0.3, 0.4) is 0 Å². The van der Waals surface area contributed by atoms with Crippen molar-refractivity contribution in [1.29, 1.82) is 0 Å². The third-order valence-corrected chi connectivity index (χ3v) is 5.15. The minimum Gasteiger partial charge on any atom is -0.337 e. The van der Waals surface area contributed by atoms with Crippen molar-refractivity contribution in [3.8, 4) is 0 Å². The summed E-state index contributed by atoms with van der Waals surface area (Å²) in [6, 6.07) is 19.3. The second-order valence-corrected chi connectivity index (χ2v) is 7.44. The monoisotopic (exact) mass is 388 g/mol. The van der Waals surface area contributed by atoms with Crippen molar-refractivity contribution in [1.82, 2.24) is 14.7 Å². The maximum absolute atomic E-state index is 12.7. The Kier molecular flexibility index (Phi) is 5.16. The first-order chi connectivity index (χ1) is 14.0. The zero-order chi connectivity index (χ0) is 20.4. The molecule has 0 aliphatic carbocycles. The number of carbonyl (C=O) groups is 2. The summed E-state index contributed by atoms with van der Waals surface area (Å²) in [7, 11) is 1.80. The highest BCUT2D eigenvalue weighted by atomic mass is 16.2. The molecule has 1 aromatic heterocycles. The molecule has 0 fully saturated rings. The Labute approximate surface area is 170 Å². The third kappa shape index (κ3) is 4.06. The molecule has 0 saturated heterocycles. The van der Waals surface area contributed by atoms with Crippen molar-refractivity contribution < 1.29 is 9.59 Å². The summed E-state index contributed by atoms with van der Waals surface area (Å²) in [5, 5.41) is 4.44. The zero-order valence-corrected chi connectivity index (χ0v) is 16.7. The van der Waals surface area contributed by atoms with Crippen molar-refractivity contribution in [3.63, 3.8) is 0 Å². The molecule has 2 heterocycles.